The lowest BCUT2D eigenvalue weighted by atomic mass is 9.68. The van der Waals surface area contributed by atoms with Crippen molar-refractivity contribution in [2.75, 3.05) is 4.90 Å². The molecule has 1 aliphatic carbocycles. The summed E-state index contributed by atoms with van der Waals surface area (Å²) in [5, 5.41) is 9.97. The van der Waals surface area contributed by atoms with Crippen molar-refractivity contribution in [3.8, 4) is 6.07 Å². The van der Waals surface area contributed by atoms with Crippen molar-refractivity contribution in [2.45, 2.75) is 32.6 Å². The van der Waals surface area contributed by atoms with Gasteiger partial charge in [0.2, 0.25) is 0 Å². The maximum Gasteiger partial charge on any atom is 0.162 e. The maximum absolute atomic E-state index is 13.5. The summed E-state index contributed by atoms with van der Waals surface area (Å²) in [6.07, 6.45) is 1.05. The van der Waals surface area contributed by atoms with E-state index in [1.54, 1.807) is 12.1 Å². The molecule has 0 bridgehead atoms. The van der Waals surface area contributed by atoms with Gasteiger partial charge >= 0.3 is 0 Å². The van der Waals surface area contributed by atoms with Crippen LogP contribution in [-0.4, -0.2) is 5.78 Å². The molecule has 1 aliphatic heterocycles. The summed E-state index contributed by atoms with van der Waals surface area (Å²) in [5.74, 6) is -0.626. The Kier molecular flexibility index (Phi) is 4.50. The summed E-state index contributed by atoms with van der Waals surface area (Å²) in [6, 6.07) is 17.7. The van der Waals surface area contributed by atoms with E-state index in [0.717, 1.165) is 11.4 Å². The van der Waals surface area contributed by atoms with E-state index < -0.39 is 5.92 Å². The smallest absolute Gasteiger partial charge is 0.162 e. The molecular formula is C24H22FN3O. The van der Waals surface area contributed by atoms with Gasteiger partial charge in [-0.15, -0.1) is 0 Å². The number of para-hydroxylation sites is 1. The minimum absolute atomic E-state index is 0.00626. The van der Waals surface area contributed by atoms with Crippen LogP contribution in [0.2, 0.25) is 0 Å². The molecule has 0 fully saturated rings. The number of Topliss-reactive ketones (excluding diaryl/α,β-unsaturated/α-hetero) is 1. The lowest BCUT2D eigenvalue weighted by molar-refractivity contribution is -0.118. The zero-order valence-corrected chi connectivity index (χ0v) is 16.4. The maximum atomic E-state index is 13.5. The first-order valence-electron chi connectivity index (χ1n) is 9.59. The van der Waals surface area contributed by atoms with Crippen LogP contribution < -0.4 is 10.6 Å². The number of anilines is 1. The van der Waals surface area contributed by atoms with Crippen molar-refractivity contribution in [1.29, 1.82) is 5.26 Å². The molecule has 146 valence electrons. The van der Waals surface area contributed by atoms with Crippen molar-refractivity contribution < 1.29 is 9.18 Å². The van der Waals surface area contributed by atoms with Crippen LogP contribution in [0.4, 0.5) is 10.1 Å². The third-order valence-corrected chi connectivity index (χ3v) is 5.60. The number of carbonyl (C=O) groups is 1. The van der Waals surface area contributed by atoms with Gasteiger partial charge in [0.15, 0.2) is 5.78 Å². The average Bonchev–Trinajstić information content (AvgIpc) is 2.67. The molecule has 5 heteroatoms. The van der Waals surface area contributed by atoms with Crippen LogP contribution in [0.3, 0.4) is 0 Å². The Balaban J connectivity index is 1.99. The molecule has 2 aromatic rings. The molecule has 2 aliphatic rings. The van der Waals surface area contributed by atoms with Gasteiger partial charge in [-0.2, -0.15) is 5.26 Å². The molecule has 2 aromatic carbocycles. The Bertz CT molecular complexity index is 1080. The summed E-state index contributed by atoms with van der Waals surface area (Å²) >= 11 is 0. The second kappa shape index (κ2) is 6.89. The molecule has 2 N–H and O–H groups in total. The van der Waals surface area contributed by atoms with Crippen LogP contribution in [0.15, 0.2) is 77.3 Å². The average molecular weight is 387 g/mol. The monoisotopic (exact) mass is 387 g/mol. The lowest BCUT2D eigenvalue weighted by Gasteiger charge is -2.43. The summed E-state index contributed by atoms with van der Waals surface area (Å²) in [6.45, 7) is 4.12. The molecule has 0 saturated heterocycles. The summed E-state index contributed by atoms with van der Waals surface area (Å²) in [4.78, 5) is 15.1. The Morgan fingerprint density at radius 1 is 1.10 bits per heavy atom. The van der Waals surface area contributed by atoms with Crippen LogP contribution in [0.25, 0.3) is 0 Å². The minimum Gasteiger partial charge on any atom is -0.384 e. The first-order chi connectivity index (χ1) is 13.8. The number of nitrogens with two attached hydrogens (primary N) is 1. The molecule has 0 saturated carbocycles. The Labute approximate surface area is 169 Å². The minimum atomic E-state index is -0.584. The molecule has 0 radical (unpaired) electrons. The van der Waals surface area contributed by atoms with E-state index in [4.69, 9.17) is 5.73 Å². The normalized spacial score (nSPS) is 21.1. The highest BCUT2D eigenvalue weighted by atomic mass is 19.1. The van der Waals surface area contributed by atoms with Gasteiger partial charge in [0, 0.05) is 23.4 Å². The van der Waals surface area contributed by atoms with Crippen molar-refractivity contribution in [2.24, 2.45) is 11.1 Å². The third kappa shape index (κ3) is 3.21. The zero-order valence-electron chi connectivity index (χ0n) is 16.4. The first kappa shape index (κ1) is 18.9. The van der Waals surface area contributed by atoms with Crippen LogP contribution >= 0.6 is 0 Å². The number of hydrogen-bond donors (Lipinski definition) is 1. The van der Waals surface area contributed by atoms with Gasteiger partial charge in [0.05, 0.1) is 17.6 Å². The van der Waals surface area contributed by atoms with Gasteiger partial charge in [-0.1, -0.05) is 44.2 Å². The second-order valence-corrected chi connectivity index (χ2v) is 8.37. The molecular weight excluding hydrogens is 365 g/mol. The summed E-state index contributed by atoms with van der Waals surface area (Å²) in [7, 11) is 0. The molecule has 4 rings (SSSR count). The van der Waals surface area contributed by atoms with Gasteiger partial charge in [-0.25, -0.2) is 4.39 Å². The SMILES string of the molecule is CC1(C)CC(=O)C2=C(C1)N(c1ccccc1)C(N)=C(C#N)[C@@H]2c1ccc(F)cc1. The standard InChI is InChI=1S/C24H22FN3O/c1-24(2)12-19-22(20(29)13-24)21(15-8-10-16(25)11-9-15)18(14-26)23(27)28(19)17-6-4-3-5-7-17/h3-11,21H,12-13,27H2,1-2H3/t21-/m0/s1. The van der Waals surface area contributed by atoms with Crippen LogP contribution in [-0.2, 0) is 4.79 Å². The molecule has 1 atom stereocenters. The number of rotatable bonds is 2. The molecule has 1 heterocycles. The number of carbonyl (C=O) groups excluding carboxylic acids is 1. The predicted octanol–water partition coefficient (Wildman–Crippen LogP) is 4.77. The summed E-state index contributed by atoms with van der Waals surface area (Å²) < 4.78 is 13.5. The topological polar surface area (TPSA) is 70.1 Å². The number of hydrogen-bond acceptors (Lipinski definition) is 4. The summed E-state index contributed by atoms with van der Waals surface area (Å²) in [5.41, 5.74) is 9.54. The van der Waals surface area contributed by atoms with Crippen molar-refractivity contribution in [3.63, 3.8) is 0 Å². The van der Waals surface area contributed by atoms with E-state index in [-0.39, 0.29) is 17.0 Å². The quantitative estimate of drug-likeness (QED) is 0.806. The molecule has 0 unspecified atom stereocenters. The van der Waals surface area contributed by atoms with E-state index in [2.05, 4.69) is 19.9 Å². The molecule has 0 aromatic heterocycles. The first-order valence-corrected chi connectivity index (χ1v) is 9.59. The number of benzene rings is 2. The fourth-order valence-electron chi connectivity index (χ4n) is 4.37. The van der Waals surface area contributed by atoms with E-state index in [0.29, 0.717) is 35.4 Å². The Morgan fingerprint density at radius 3 is 2.38 bits per heavy atom. The number of ketones is 1. The van der Waals surface area contributed by atoms with Gasteiger partial charge in [0.25, 0.3) is 0 Å². The van der Waals surface area contributed by atoms with Gasteiger partial charge in [0.1, 0.15) is 11.6 Å². The van der Waals surface area contributed by atoms with Gasteiger partial charge in [-0.05, 0) is 41.7 Å². The molecule has 0 amide bonds. The highest BCUT2D eigenvalue weighted by Crippen LogP contribution is 2.50. The Morgan fingerprint density at radius 2 is 1.76 bits per heavy atom. The predicted molar refractivity (Wildman–Crippen MR) is 110 cm³/mol. The van der Waals surface area contributed by atoms with E-state index in [1.165, 1.54) is 12.1 Å². The van der Waals surface area contributed by atoms with Gasteiger partial charge < -0.3 is 5.73 Å². The van der Waals surface area contributed by atoms with Crippen LogP contribution in [0.5, 0.6) is 0 Å². The highest BCUT2D eigenvalue weighted by Gasteiger charge is 2.44. The molecule has 0 spiro atoms. The fraction of sp³-hybridized carbons (Fsp3) is 0.250. The Hall–Kier alpha value is -3.39. The van der Waals surface area contributed by atoms with E-state index in [1.807, 2.05) is 35.2 Å². The van der Waals surface area contributed by atoms with Crippen molar-refractivity contribution in [1.82, 2.24) is 0 Å². The van der Waals surface area contributed by atoms with Crippen LogP contribution in [0.1, 0.15) is 38.2 Å². The van der Waals surface area contributed by atoms with E-state index >= 15 is 0 Å². The number of nitrogens with zero attached hydrogens (tertiary/aromatic N) is 2. The highest BCUT2D eigenvalue weighted by molar-refractivity contribution is 6.01. The van der Waals surface area contributed by atoms with Gasteiger partial charge in [-0.3, -0.25) is 9.69 Å². The fourth-order valence-corrected chi connectivity index (χ4v) is 4.37. The zero-order chi connectivity index (χ0) is 20.8. The van der Waals surface area contributed by atoms with E-state index in [9.17, 15) is 14.4 Å². The van der Waals surface area contributed by atoms with Crippen molar-refractivity contribution in [3.05, 3.63) is 88.6 Å². The second-order valence-electron chi connectivity index (χ2n) is 8.37. The lowest BCUT2D eigenvalue weighted by Crippen LogP contribution is -2.42. The largest absolute Gasteiger partial charge is 0.384 e. The number of nitriles is 1. The number of halogens is 1. The van der Waals surface area contributed by atoms with Crippen LogP contribution in [0, 0.1) is 22.6 Å². The molecule has 29 heavy (non-hydrogen) atoms. The third-order valence-electron chi connectivity index (χ3n) is 5.60. The van der Waals surface area contributed by atoms with Crippen molar-refractivity contribution >= 4 is 11.5 Å². The number of allylic oxidation sites excluding steroid dienone is 3. The molecule has 4 nitrogen and oxygen atoms in total.